The van der Waals surface area contributed by atoms with Gasteiger partial charge < -0.3 is 10.3 Å². The molecule has 13 heavy (non-hydrogen) atoms. The van der Waals surface area contributed by atoms with E-state index in [0.29, 0.717) is 6.04 Å². The van der Waals surface area contributed by atoms with Crippen molar-refractivity contribution in [1.29, 1.82) is 0 Å². The highest BCUT2D eigenvalue weighted by Crippen LogP contribution is 2.20. The van der Waals surface area contributed by atoms with Gasteiger partial charge in [0.1, 0.15) is 5.82 Å². The zero-order valence-electron chi connectivity index (χ0n) is 7.84. The highest BCUT2D eigenvalue weighted by atomic mass is 32.2. The molecule has 0 radical (unpaired) electrons. The SMILES string of the molecule is CCc1ncc(C2CSCCN2)[nH]1. The van der Waals surface area contributed by atoms with Crippen LogP contribution in [0.15, 0.2) is 6.20 Å². The minimum absolute atomic E-state index is 0.478. The molecule has 0 aromatic carbocycles. The van der Waals surface area contributed by atoms with Crippen LogP contribution in [0.2, 0.25) is 0 Å². The fourth-order valence-electron chi connectivity index (χ4n) is 1.50. The molecule has 1 saturated heterocycles. The molecule has 0 aliphatic carbocycles. The number of aromatic nitrogens is 2. The van der Waals surface area contributed by atoms with Gasteiger partial charge in [0.05, 0.1) is 11.7 Å². The van der Waals surface area contributed by atoms with E-state index in [2.05, 4.69) is 22.2 Å². The summed E-state index contributed by atoms with van der Waals surface area (Å²) in [6, 6.07) is 0.478. The first-order chi connectivity index (χ1) is 6.40. The maximum atomic E-state index is 4.31. The molecule has 1 atom stereocenters. The van der Waals surface area contributed by atoms with Crippen LogP contribution in [0, 0.1) is 0 Å². The van der Waals surface area contributed by atoms with Crippen molar-refractivity contribution in [3.05, 3.63) is 17.7 Å². The summed E-state index contributed by atoms with van der Waals surface area (Å²) in [6.45, 7) is 3.22. The van der Waals surface area contributed by atoms with Gasteiger partial charge in [-0.2, -0.15) is 11.8 Å². The van der Waals surface area contributed by atoms with Crippen molar-refractivity contribution in [2.75, 3.05) is 18.1 Å². The Morgan fingerprint density at radius 1 is 1.69 bits per heavy atom. The van der Waals surface area contributed by atoms with Crippen LogP contribution in [0.3, 0.4) is 0 Å². The third-order valence-corrected chi connectivity index (χ3v) is 3.34. The van der Waals surface area contributed by atoms with Gasteiger partial charge >= 0.3 is 0 Å². The number of aromatic amines is 1. The normalized spacial score (nSPS) is 23.3. The Hall–Kier alpha value is -0.480. The molecule has 1 unspecified atom stereocenters. The molecule has 0 spiro atoms. The van der Waals surface area contributed by atoms with Crippen LogP contribution in [0.4, 0.5) is 0 Å². The number of nitrogens with zero attached hydrogens (tertiary/aromatic N) is 1. The van der Waals surface area contributed by atoms with Gasteiger partial charge in [0.25, 0.3) is 0 Å². The van der Waals surface area contributed by atoms with Crippen LogP contribution >= 0.6 is 11.8 Å². The molecule has 4 heteroatoms. The average molecular weight is 197 g/mol. The molecule has 2 heterocycles. The molecular weight excluding hydrogens is 182 g/mol. The molecule has 1 aliphatic heterocycles. The fraction of sp³-hybridized carbons (Fsp3) is 0.667. The lowest BCUT2D eigenvalue weighted by Crippen LogP contribution is -2.30. The second-order valence-electron chi connectivity index (χ2n) is 3.22. The lowest BCUT2D eigenvalue weighted by atomic mass is 10.2. The summed E-state index contributed by atoms with van der Waals surface area (Å²) in [7, 11) is 0. The van der Waals surface area contributed by atoms with Gasteiger partial charge in [0.2, 0.25) is 0 Å². The zero-order valence-corrected chi connectivity index (χ0v) is 8.66. The van der Waals surface area contributed by atoms with E-state index < -0.39 is 0 Å². The standard InChI is InChI=1S/C9H15N3S/c1-2-9-11-5-7(12-9)8-6-13-4-3-10-8/h5,8,10H,2-4,6H2,1H3,(H,11,12). The Kier molecular flexibility index (Phi) is 2.90. The molecule has 0 bridgehead atoms. The number of hydrogen-bond acceptors (Lipinski definition) is 3. The van der Waals surface area contributed by atoms with Crippen molar-refractivity contribution < 1.29 is 0 Å². The van der Waals surface area contributed by atoms with Crippen molar-refractivity contribution in [1.82, 2.24) is 15.3 Å². The highest BCUT2D eigenvalue weighted by Gasteiger charge is 2.16. The summed E-state index contributed by atoms with van der Waals surface area (Å²) >= 11 is 2.00. The summed E-state index contributed by atoms with van der Waals surface area (Å²) in [4.78, 5) is 7.65. The quantitative estimate of drug-likeness (QED) is 0.752. The third-order valence-electron chi connectivity index (χ3n) is 2.28. The van der Waals surface area contributed by atoms with E-state index in [1.807, 2.05) is 18.0 Å². The predicted octanol–water partition coefficient (Wildman–Crippen LogP) is 1.35. The second-order valence-corrected chi connectivity index (χ2v) is 4.37. The van der Waals surface area contributed by atoms with Gasteiger partial charge in [0, 0.05) is 30.7 Å². The second kappa shape index (κ2) is 4.15. The van der Waals surface area contributed by atoms with E-state index in [1.54, 1.807) is 0 Å². The lowest BCUT2D eigenvalue weighted by Gasteiger charge is -2.21. The largest absolute Gasteiger partial charge is 0.345 e. The van der Waals surface area contributed by atoms with Gasteiger partial charge in [-0.15, -0.1) is 0 Å². The smallest absolute Gasteiger partial charge is 0.105 e. The summed E-state index contributed by atoms with van der Waals surface area (Å²) in [6.07, 6.45) is 2.95. The minimum atomic E-state index is 0.478. The maximum absolute atomic E-state index is 4.31. The molecule has 2 rings (SSSR count). The maximum Gasteiger partial charge on any atom is 0.105 e. The molecule has 1 fully saturated rings. The molecule has 0 amide bonds. The fourth-order valence-corrected chi connectivity index (χ4v) is 2.46. The van der Waals surface area contributed by atoms with Gasteiger partial charge in [0.15, 0.2) is 0 Å². The molecule has 0 saturated carbocycles. The van der Waals surface area contributed by atoms with Crippen LogP contribution in [0.1, 0.15) is 24.5 Å². The Labute approximate surface area is 82.7 Å². The molecule has 1 aliphatic rings. The number of thioether (sulfide) groups is 1. The lowest BCUT2D eigenvalue weighted by molar-refractivity contribution is 0.582. The molecule has 3 nitrogen and oxygen atoms in total. The summed E-state index contributed by atoms with van der Waals surface area (Å²) in [5.74, 6) is 3.48. The van der Waals surface area contributed by atoms with E-state index in [4.69, 9.17) is 0 Å². The van der Waals surface area contributed by atoms with E-state index >= 15 is 0 Å². The van der Waals surface area contributed by atoms with Gasteiger partial charge in [-0.05, 0) is 0 Å². The number of rotatable bonds is 2. The van der Waals surface area contributed by atoms with Crippen molar-refractivity contribution in [2.45, 2.75) is 19.4 Å². The van der Waals surface area contributed by atoms with E-state index in [-0.39, 0.29) is 0 Å². The predicted molar refractivity (Wildman–Crippen MR) is 56.0 cm³/mol. The van der Waals surface area contributed by atoms with Crippen molar-refractivity contribution in [3.63, 3.8) is 0 Å². The molecule has 72 valence electrons. The average Bonchev–Trinajstić information content (AvgIpc) is 2.67. The third kappa shape index (κ3) is 2.06. The molecule has 2 N–H and O–H groups in total. The zero-order chi connectivity index (χ0) is 9.10. The van der Waals surface area contributed by atoms with E-state index in [0.717, 1.165) is 24.5 Å². The van der Waals surface area contributed by atoms with Crippen molar-refractivity contribution >= 4 is 11.8 Å². The van der Waals surface area contributed by atoms with Gasteiger partial charge in [-0.25, -0.2) is 4.98 Å². The highest BCUT2D eigenvalue weighted by molar-refractivity contribution is 7.99. The van der Waals surface area contributed by atoms with E-state index in [1.165, 1.54) is 11.4 Å². The van der Waals surface area contributed by atoms with Crippen molar-refractivity contribution in [2.24, 2.45) is 0 Å². The van der Waals surface area contributed by atoms with Crippen LogP contribution in [0.5, 0.6) is 0 Å². The number of nitrogens with one attached hydrogen (secondary N) is 2. The monoisotopic (exact) mass is 197 g/mol. The van der Waals surface area contributed by atoms with Crippen LogP contribution in [-0.4, -0.2) is 28.0 Å². The van der Waals surface area contributed by atoms with Crippen LogP contribution in [0.25, 0.3) is 0 Å². The Balaban J connectivity index is 2.05. The molecular formula is C9H15N3S. The van der Waals surface area contributed by atoms with Crippen LogP contribution in [-0.2, 0) is 6.42 Å². The Morgan fingerprint density at radius 3 is 3.23 bits per heavy atom. The molecule has 1 aromatic heterocycles. The number of imidazole rings is 1. The minimum Gasteiger partial charge on any atom is -0.345 e. The Bertz CT molecular complexity index is 266. The number of hydrogen-bond donors (Lipinski definition) is 2. The first kappa shape index (κ1) is 9.09. The topological polar surface area (TPSA) is 40.7 Å². The summed E-state index contributed by atoms with van der Waals surface area (Å²) in [5, 5.41) is 3.48. The Morgan fingerprint density at radius 2 is 2.62 bits per heavy atom. The first-order valence-corrected chi connectivity index (χ1v) is 5.90. The van der Waals surface area contributed by atoms with Crippen LogP contribution < -0.4 is 5.32 Å². The molecule has 1 aromatic rings. The van der Waals surface area contributed by atoms with Crippen molar-refractivity contribution in [3.8, 4) is 0 Å². The van der Waals surface area contributed by atoms with E-state index in [9.17, 15) is 0 Å². The van der Waals surface area contributed by atoms with Gasteiger partial charge in [-0.1, -0.05) is 6.92 Å². The van der Waals surface area contributed by atoms with Gasteiger partial charge in [-0.3, -0.25) is 0 Å². The summed E-state index contributed by atoms with van der Waals surface area (Å²) in [5.41, 5.74) is 1.24. The number of H-pyrrole nitrogens is 1. The summed E-state index contributed by atoms with van der Waals surface area (Å²) < 4.78 is 0. The first-order valence-electron chi connectivity index (χ1n) is 4.75. The number of aryl methyl sites for hydroxylation is 1.